The van der Waals surface area contributed by atoms with Crippen molar-refractivity contribution < 1.29 is 4.74 Å². The predicted octanol–water partition coefficient (Wildman–Crippen LogP) is 2.11. The summed E-state index contributed by atoms with van der Waals surface area (Å²) in [5.41, 5.74) is 7.86. The SMILES string of the molecule is CN1N=CCC1c1cc(N)ccc1OCCN1CCCC1. The summed E-state index contributed by atoms with van der Waals surface area (Å²) in [6.07, 6.45) is 5.49. The number of nitrogens with zero attached hydrogens (tertiary/aromatic N) is 3. The van der Waals surface area contributed by atoms with Gasteiger partial charge in [-0.2, -0.15) is 5.10 Å². The van der Waals surface area contributed by atoms with Crippen LogP contribution < -0.4 is 10.5 Å². The van der Waals surface area contributed by atoms with Crippen molar-refractivity contribution in [3.8, 4) is 5.75 Å². The fraction of sp³-hybridized carbons (Fsp3) is 0.562. The molecule has 2 N–H and O–H groups in total. The number of benzene rings is 1. The standard InChI is InChI=1S/C16H24N4O/c1-19-15(6-7-18-19)14-12-13(17)4-5-16(14)21-11-10-20-8-2-3-9-20/h4-5,7,12,15H,2-3,6,8-11,17H2,1H3. The molecule has 1 unspecified atom stereocenters. The second kappa shape index (κ2) is 6.35. The minimum absolute atomic E-state index is 0.232. The summed E-state index contributed by atoms with van der Waals surface area (Å²) in [4.78, 5) is 2.46. The minimum Gasteiger partial charge on any atom is -0.492 e. The lowest BCUT2D eigenvalue weighted by atomic mass is 10.0. The number of hydrogen-bond donors (Lipinski definition) is 1. The lowest BCUT2D eigenvalue weighted by Gasteiger charge is -2.23. The maximum absolute atomic E-state index is 6.04. The van der Waals surface area contributed by atoms with Crippen molar-refractivity contribution in [3.05, 3.63) is 23.8 Å². The highest BCUT2D eigenvalue weighted by Gasteiger charge is 2.23. The van der Waals surface area contributed by atoms with Crippen LogP contribution in [0.25, 0.3) is 0 Å². The molecule has 1 fully saturated rings. The number of nitrogen functional groups attached to an aromatic ring is 1. The molecule has 0 bridgehead atoms. The van der Waals surface area contributed by atoms with Crippen LogP contribution in [0, 0.1) is 0 Å². The first-order chi connectivity index (χ1) is 10.2. The van der Waals surface area contributed by atoms with E-state index in [1.54, 1.807) is 0 Å². The highest BCUT2D eigenvalue weighted by molar-refractivity contribution is 5.62. The number of ether oxygens (including phenoxy) is 1. The van der Waals surface area contributed by atoms with Crippen molar-refractivity contribution in [2.45, 2.75) is 25.3 Å². The molecular formula is C16H24N4O. The first-order valence-corrected chi connectivity index (χ1v) is 7.74. The summed E-state index contributed by atoms with van der Waals surface area (Å²) >= 11 is 0. The van der Waals surface area contributed by atoms with Crippen molar-refractivity contribution >= 4 is 11.9 Å². The van der Waals surface area contributed by atoms with Crippen molar-refractivity contribution in [3.63, 3.8) is 0 Å². The monoisotopic (exact) mass is 288 g/mol. The third-order valence-corrected chi connectivity index (χ3v) is 4.30. The molecule has 2 aliphatic rings. The number of hydrogen-bond acceptors (Lipinski definition) is 5. The van der Waals surface area contributed by atoms with Gasteiger partial charge in [0.15, 0.2) is 0 Å². The number of likely N-dealkylation sites (tertiary alicyclic amines) is 1. The largest absolute Gasteiger partial charge is 0.492 e. The van der Waals surface area contributed by atoms with Crippen molar-refractivity contribution in [2.75, 3.05) is 39.0 Å². The highest BCUT2D eigenvalue weighted by atomic mass is 16.5. The number of rotatable bonds is 5. The van der Waals surface area contributed by atoms with Crippen LogP contribution in [0.15, 0.2) is 23.3 Å². The van der Waals surface area contributed by atoms with Gasteiger partial charge >= 0.3 is 0 Å². The molecule has 0 aliphatic carbocycles. The van der Waals surface area contributed by atoms with E-state index in [1.807, 2.05) is 36.5 Å². The van der Waals surface area contributed by atoms with Gasteiger partial charge in [0.1, 0.15) is 12.4 Å². The average Bonchev–Trinajstić information content (AvgIpc) is 3.12. The average molecular weight is 288 g/mol. The van der Waals surface area contributed by atoms with Gasteiger partial charge in [-0.1, -0.05) is 0 Å². The molecule has 0 saturated carbocycles. The summed E-state index contributed by atoms with van der Waals surface area (Å²) < 4.78 is 6.04. The van der Waals surface area contributed by atoms with E-state index in [2.05, 4.69) is 10.0 Å². The van der Waals surface area contributed by atoms with Gasteiger partial charge in [-0.25, -0.2) is 0 Å². The Balaban J connectivity index is 1.66. The summed E-state index contributed by atoms with van der Waals surface area (Å²) in [6.45, 7) is 4.14. The highest BCUT2D eigenvalue weighted by Crippen LogP contribution is 2.34. The Morgan fingerprint density at radius 2 is 2.14 bits per heavy atom. The summed E-state index contributed by atoms with van der Waals surface area (Å²) in [5.74, 6) is 0.936. The van der Waals surface area contributed by atoms with Gasteiger partial charge in [0.25, 0.3) is 0 Å². The molecule has 0 aromatic heterocycles. The van der Waals surface area contributed by atoms with E-state index >= 15 is 0 Å². The summed E-state index contributed by atoms with van der Waals surface area (Å²) in [7, 11) is 1.99. The van der Waals surface area contributed by atoms with Gasteiger partial charge in [0, 0.05) is 37.5 Å². The van der Waals surface area contributed by atoms with Crippen molar-refractivity contribution in [1.29, 1.82) is 0 Å². The van der Waals surface area contributed by atoms with E-state index in [0.717, 1.165) is 36.6 Å². The van der Waals surface area contributed by atoms with Crippen LogP contribution in [0.5, 0.6) is 5.75 Å². The smallest absolute Gasteiger partial charge is 0.124 e. The second-order valence-electron chi connectivity index (χ2n) is 5.82. The number of hydrazone groups is 1. The minimum atomic E-state index is 0.232. The van der Waals surface area contributed by atoms with Crippen LogP contribution in [-0.2, 0) is 0 Å². The third-order valence-electron chi connectivity index (χ3n) is 4.30. The van der Waals surface area contributed by atoms with Gasteiger partial charge in [-0.05, 0) is 44.1 Å². The van der Waals surface area contributed by atoms with Crippen LogP contribution in [0.4, 0.5) is 5.69 Å². The van der Waals surface area contributed by atoms with Crippen LogP contribution in [0.2, 0.25) is 0 Å². The van der Waals surface area contributed by atoms with Crippen LogP contribution in [0.1, 0.15) is 30.9 Å². The molecule has 21 heavy (non-hydrogen) atoms. The second-order valence-corrected chi connectivity index (χ2v) is 5.82. The molecule has 0 spiro atoms. The van der Waals surface area contributed by atoms with Gasteiger partial charge in [0.2, 0.25) is 0 Å². The number of nitrogens with two attached hydrogens (primary N) is 1. The Bertz CT molecular complexity index is 511. The van der Waals surface area contributed by atoms with E-state index in [9.17, 15) is 0 Å². The molecule has 1 aromatic carbocycles. The fourth-order valence-electron chi connectivity index (χ4n) is 3.09. The normalized spacial score (nSPS) is 22.1. The fourth-order valence-corrected chi connectivity index (χ4v) is 3.09. The molecule has 0 amide bonds. The van der Waals surface area contributed by atoms with Gasteiger partial charge < -0.3 is 10.5 Å². The van der Waals surface area contributed by atoms with Crippen molar-refractivity contribution in [2.24, 2.45) is 5.10 Å². The maximum Gasteiger partial charge on any atom is 0.124 e. The Labute approximate surface area is 126 Å². The zero-order chi connectivity index (χ0) is 14.7. The zero-order valence-corrected chi connectivity index (χ0v) is 12.7. The molecule has 114 valence electrons. The van der Waals surface area contributed by atoms with Crippen molar-refractivity contribution in [1.82, 2.24) is 9.91 Å². The Morgan fingerprint density at radius 3 is 2.86 bits per heavy atom. The van der Waals surface area contributed by atoms with E-state index in [0.29, 0.717) is 0 Å². The molecule has 1 saturated heterocycles. The molecule has 0 radical (unpaired) electrons. The van der Waals surface area contributed by atoms with E-state index in [1.165, 1.54) is 25.9 Å². The molecule has 2 aliphatic heterocycles. The van der Waals surface area contributed by atoms with Gasteiger partial charge in [-0.3, -0.25) is 9.91 Å². The molecule has 2 heterocycles. The van der Waals surface area contributed by atoms with Gasteiger partial charge in [-0.15, -0.1) is 0 Å². The summed E-state index contributed by atoms with van der Waals surface area (Å²) in [6, 6.07) is 6.14. The molecule has 1 atom stereocenters. The quantitative estimate of drug-likeness (QED) is 0.843. The molecule has 5 nitrogen and oxygen atoms in total. The number of anilines is 1. The Hall–Kier alpha value is -1.75. The maximum atomic E-state index is 6.04. The van der Waals surface area contributed by atoms with E-state index in [-0.39, 0.29) is 6.04 Å². The van der Waals surface area contributed by atoms with Crippen LogP contribution in [0.3, 0.4) is 0 Å². The molecule has 5 heteroatoms. The Morgan fingerprint density at radius 1 is 1.33 bits per heavy atom. The summed E-state index contributed by atoms with van der Waals surface area (Å²) in [5, 5.41) is 6.29. The van der Waals surface area contributed by atoms with Crippen LogP contribution in [-0.4, -0.2) is 49.4 Å². The molecule has 3 rings (SSSR count). The van der Waals surface area contributed by atoms with E-state index in [4.69, 9.17) is 10.5 Å². The topological polar surface area (TPSA) is 54.1 Å². The molecular weight excluding hydrogens is 264 g/mol. The zero-order valence-electron chi connectivity index (χ0n) is 12.7. The lowest BCUT2D eigenvalue weighted by molar-refractivity contribution is 0.228. The predicted molar refractivity (Wildman–Crippen MR) is 85.6 cm³/mol. The van der Waals surface area contributed by atoms with E-state index < -0.39 is 0 Å². The first kappa shape index (κ1) is 14.2. The van der Waals surface area contributed by atoms with Gasteiger partial charge in [0.05, 0.1) is 6.04 Å². The first-order valence-electron chi connectivity index (χ1n) is 7.74. The third kappa shape index (κ3) is 3.29. The lowest BCUT2D eigenvalue weighted by Crippen LogP contribution is -2.25. The molecule has 1 aromatic rings. The Kier molecular flexibility index (Phi) is 4.29. The van der Waals surface area contributed by atoms with Crippen LogP contribution >= 0.6 is 0 Å².